The summed E-state index contributed by atoms with van der Waals surface area (Å²) >= 11 is 1.11. The van der Waals surface area contributed by atoms with Crippen molar-refractivity contribution in [3.63, 3.8) is 0 Å². The van der Waals surface area contributed by atoms with E-state index in [9.17, 15) is 9.59 Å². The molecule has 1 aromatic carbocycles. The molecule has 0 saturated carbocycles. The van der Waals surface area contributed by atoms with E-state index in [0.717, 1.165) is 30.8 Å². The fourth-order valence-corrected chi connectivity index (χ4v) is 3.48. The highest BCUT2D eigenvalue weighted by molar-refractivity contribution is 7.13. The van der Waals surface area contributed by atoms with Crippen LogP contribution in [0, 0.1) is 0 Å². The average Bonchev–Trinajstić information content (AvgIpc) is 3.46. The number of anilines is 1. The smallest absolute Gasteiger partial charge is 0.315 e. The van der Waals surface area contributed by atoms with Crippen LogP contribution >= 0.6 is 11.3 Å². The normalized spacial score (nSPS) is 17.4. The molecular weight excluding hydrogens is 386 g/mol. The van der Waals surface area contributed by atoms with Crippen molar-refractivity contribution in [2.75, 3.05) is 25.3 Å². The number of nitrogens with zero attached hydrogens (tertiary/aromatic N) is 2. The molecule has 11 heteroatoms. The van der Waals surface area contributed by atoms with Crippen molar-refractivity contribution in [1.82, 2.24) is 20.8 Å². The molecule has 0 unspecified atom stereocenters. The van der Waals surface area contributed by atoms with Gasteiger partial charge < -0.3 is 30.2 Å². The predicted molar refractivity (Wildman–Crippen MR) is 99.6 cm³/mol. The largest absolute Gasteiger partial charge is 0.454 e. The van der Waals surface area contributed by atoms with Crippen molar-refractivity contribution in [2.45, 2.75) is 25.5 Å². The number of amides is 3. The number of ether oxygens (including phenoxy) is 3. The van der Waals surface area contributed by atoms with Gasteiger partial charge in [0, 0.05) is 24.9 Å². The Morgan fingerprint density at radius 3 is 2.93 bits per heavy atom. The zero-order chi connectivity index (χ0) is 19.3. The average molecular weight is 405 g/mol. The zero-order valence-electron chi connectivity index (χ0n) is 14.9. The number of carbonyl (C=O) groups excluding carboxylic acids is 2. The summed E-state index contributed by atoms with van der Waals surface area (Å²) in [6.45, 7) is 1.58. The van der Waals surface area contributed by atoms with Gasteiger partial charge in [0.1, 0.15) is 5.01 Å². The molecule has 3 N–H and O–H groups in total. The molecule has 3 heterocycles. The third kappa shape index (κ3) is 4.49. The van der Waals surface area contributed by atoms with Crippen LogP contribution in [-0.4, -0.2) is 48.2 Å². The maximum Gasteiger partial charge on any atom is 0.315 e. The highest BCUT2D eigenvalue weighted by atomic mass is 32.1. The Morgan fingerprint density at radius 1 is 1.18 bits per heavy atom. The van der Waals surface area contributed by atoms with Crippen LogP contribution in [-0.2, 0) is 11.3 Å². The van der Waals surface area contributed by atoms with E-state index in [4.69, 9.17) is 14.2 Å². The van der Waals surface area contributed by atoms with Crippen LogP contribution < -0.4 is 25.4 Å². The van der Waals surface area contributed by atoms with Crippen LogP contribution in [0.5, 0.6) is 11.5 Å². The molecular formula is C17H19N5O5S. The Balaban J connectivity index is 1.25. The van der Waals surface area contributed by atoms with Crippen molar-refractivity contribution in [3.05, 3.63) is 28.2 Å². The van der Waals surface area contributed by atoms with Gasteiger partial charge in [-0.05, 0) is 25.0 Å². The fraction of sp³-hybridized carbons (Fsp3) is 0.412. The Hall–Kier alpha value is -2.92. The second-order valence-corrected chi connectivity index (χ2v) is 7.28. The third-order valence-corrected chi connectivity index (χ3v) is 5.13. The van der Waals surface area contributed by atoms with Gasteiger partial charge in [0.05, 0.1) is 12.6 Å². The van der Waals surface area contributed by atoms with Crippen molar-refractivity contribution in [3.8, 4) is 11.5 Å². The van der Waals surface area contributed by atoms with Crippen LogP contribution in [0.4, 0.5) is 10.5 Å². The molecule has 2 aliphatic heterocycles. The molecule has 0 aliphatic carbocycles. The zero-order valence-corrected chi connectivity index (χ0v) is 15.7. The molecule has 10 nitrogen and oxygen atoms in total. The van der Waals surface area contributed by atoms with Crippen LogP contribution in [0.2, 0.25) is 0 Å². The first-order valence-corrected chi connectivity index (χ1v) is 9.66. The number of urea groups is 1. The van der Waals surface area contributed by atoms with Gasteiger partial charge in [-0.25, -0.2) is 4.79 Å². The quantitative estimate of drug-likeness (QED) is 0.665. The first-order chi connectivity index (χ1) is 13.7. The van der Waals surface area contributed by atoms with Crippen molar-refractivity contribution < 1.29 is 23.8 Å². The lowest BCUT2D eigenvalue weighted by Crippen LogP contribution is -2.39. The van der Waals surface area contributed by atoms with Gasteiger partial charge in [-0.15, -0.1) is 10.2 Å². The van der Waals surface area contributed by atoms with Crippen molar-refractivity contribution in [1.29, 1.82) is 0 Å². The molecule has 1 atom stereocenters. The number of fused-ring (bicyclic) bond motifs is 1. The van der Waals surface area contributed by atoms with Gasteiger partial charge in [0.25, 0.3) is 5.91 Å². The molecule has 1 aromatic heterocycles. The number of hydrogen-bond acceptors (Lipinski definition) is 8. The van der Waals surface area contributed by atoms with Gasteiger partial charge >= 0.3 is 6.03 Å². The maximum absolute atomic E-state index is 12.3. The molecule has 1 saturated heterocycles. The van der Waals surface area contributed by atoms with Crippen LogP contribution in [0.25, 0.3) is 0 Å². The second-order valence-electron chi connectivity index (χ2n) is 6.22. The van der Waals surface area contributed by atoms with E-state index >= 15 is 0 Å². The number of carbonyl (C=O) groups is 2. The van der Waals surface area contributed by atoms with Crippen LogP contribution in [0.15, 0.2) is 18.2 Å². The summed E-state index contributed by atoms with van der Waals surface area (Å²) < 4.78 is 16.0. The number of hydrogen-bond donors (Lipinski definition) is 3. The first kappa shape index (κ1) is 18.4. The first-order valence-electron chi connectivity index (χ1n) is 8.84. The molecule has 2 aliphatic rings. The minimum Gasteiger partial charge on any atom is -0.454 e. The fourth-order valence-electron chi connectivity index (χ4n) is 2.81. The van der Waals surface area contributed by atoms with Gasteiger partial charge in [-0.3, -0.25) is 4.79 Å². The highest BCUT2D eigenvalue weighted by Crippen LogP contribution is 2.34. The van der Waals surface area contributed by atoms with E-state index < -0.39 is 0 Å². The van der Waals surface area contributed by atoms with Crippen LogP contribution in [0.1, 0.15) is 27.7 Å². The molecule has 28 heavy (non-hydrogen) atoms. The molecule has 0 bridgehead atoms. The molecule has 0 spiro atoms. The summed E-state index contributed by atoms with van der Waals surface area (Å²) in [7, 11) is 0. The summed E-state index contributed by atoms with van der Waals surface area (Å²) in [4.78, 5) is 24.2. The van der Waals surface area contributed by atoms with E-state index in [1.807, 2.05) is 0 Å². The molecule has 2 aromatic rings. The van der Waals surface area contributed by atoms with Crippen molar-refractivity contribution in [2.24, 2.45) is 0 Å². The molecule has 148 valence electrons. The second kappa shape index (κ2) is 8.40. The summed E-state index contributed by atoms with van der Waals surface area (Å²) in [6, 6.07) is 4.81. The minimum absolute atomic E-state index is 0.0822. The van der Waals surface area contributed by atoms with Gasteiger partial charge in [0.15, 0.2) is 11.5 Å². The van der Waals surface area contributed by atoms with E-state index in [2.05, 4.69) is 26.1 Å². The van der Waals surface area contributed by atoms with E-state index in [0.29, 0.717) is 28.7 Å². The third-order valence-electron chi connectivity index (χ3n) is 4.21. The van der Waals surface area contributed by atoms with Crippen molar-refractivity contribution >= 4 is 29.0 Å². The summed E-state index contributed by atoms with van der Waals surface area (Å²) in [5.74, 6) is 0.833. The lowest BCUT2D eigenvalue weighted by Gasteiger charge is -2.10. The summed E-state index contributed by atoms with van der Waals surface area (Å²) in [5.41, 5.74) is 0.567. The van der Waals surface area contributed by atoms with Gasteiger partial charge in [-0.1, -0.05) is 11.3 Å². The Labute approximate surface area is 164 Å². The predicted octanol–water partition coefficient (Wildman–Crippen LogP) is 1.50. The standard InChI is InChI=1S/C17H19N5O5S/c23-15(20-10-3-4-12-13(6-10)27-9-26-12)16-22-21-14(28-16)8-19-17(24)18-7-11-2-1-5-25-11/h3-4,6,11H,1-2,5,7-9H2,(H,20,23)(H2,18,19,24)/t11-/m0/s1. The highest BCUT2D eigenvalue weighted by Gasteiger charge is 2.18. The van der Waals surface area contributed by atoms with Gasteiger partial charge in [0.2, 0.25) is 11.8 Å². The molecule has 0 radical (unpaired) electrons. The molecule has 4 rings (SSSR count). The summed E-state index contributed by atoms with van der Waals surface area (Å²) in [5, 5.41) is 16.7. The number of rotatable bonds is 6. The Morgan fingerprint density at radius 2 is 2.07 bits per heavy atom. The number of aromatic nitrogens is 2. The van der Waals surface area contributed by atoms with Crippen LogP contribution in [0.3, 0.4) is 0 Å². The summed E-state index contributed by atoms with van der Waals surface area (Å²) in [6.07, 6.45) is 2.06. The minimum atomic E-state index is -0.384. The lowest BCUT2D eigenvalue weighted by molar-refractivity contribution is 0.102. The SMILES string of the molecule is O=C(NCc1nnc(C(=O)Nc2ccc3c(c2)OCO3)s1)NC[C@@H]1CCCO1. The van der Waals surface area contributed by atoms with E-state index in [1.165, 1.54) is 0 Å². The van der Waals surface area contributed by atoms with E-state index in [1.54, 1.807) is 18.2 Å². The molecule has 3 amide bonds. The Bertz CT molecular complexity index is 867. The number of nitrogens with one attached hydrogen (secondary N) is 3. The maximum atomic E-state index is 12.3. The topological polar surface area (TPSA) is 124 Å². The molecule has 1 fully saturated rings. The van der Waals surface area contributed by atoms with Gasteiger partial charge in [-0.2, -0.15) is 0 Å². The Kier molecular flexibility index (Phi) is 5.53. The van der Waals surface area contributed by atoms with E-state index in [-0.39, 0.29) is 36.4 Å². The monoisotopic (exact) mass is 405 g/mol. The lowest BCUT2D eigenvalue weighted by atomic mass is 10.2. The number of benzene rings is 1.